The lowest BCUT2D eigenvalue weighted by Crippen LogP contribution is -2.22. The maximum atomic E-state index is 13.5. The molecular weight excluding hydrogens is 225 g/mol. The van der Waals surface area contributed by atoms with Gasteiger partial charge < -0.3 is 5.32 Å². The summed E-state index contributed by atoms with van der Waals surface area (Å²) in [5.74, 6) is -0.177. The molecule has 18 heavy (non-hydrogen) atoms. The fourth-order valence-electron chi connectivity index (χ4n) is 2.21. The number of nitrogens with one attached hydrogen (secondary N) is 1. The van der Waals surface area contributed by atoms with E-state index in [0.29, 0.717) is 0 Å². The molecule has 1 nitrogen and oxygen atoms in total. The van der Waals surface area contributed by atoms with Crippen molar-refractivity contribution in [2.45, 2.75) is 19.9 Å². The average Bonchev–Trinajstić information content (AvgIpc) is 2.36. The average molecular weight is 243 g/mol. The van der Waals surface area contributed by atoms with Gasteiger partial charge in [-0.2, -0.15) is 0 Å². The van der Waals surface area contributed by atoms with E-state index >= 15 is 0 Å². The molecule has 1 unspecified atom stereocenters. The van der Waals surface area contributed by atoms with Gasteiger partial charge in [0.15, 0.2) is 0 Å². The number of rotatable bonds is 4. The Hall–Kier alpha value is -1.67. The lowest BCUT2D eigenvalue weighted by atomic mass is 9.97. The molecule has 1 N–H and O–H groups in total. The monoisotopic (exact) mass is 243 g/mol. The maximum Gasteiger partial charge on any atom is 0.123 e. The summed E-state index contributed by atoms with van der Waals surface area (Å²) < 4.78 is 13.5. The molecule has 0 bridgehead atoms. The highest BCUT2D eigenvalue weighted by molar-refractivity contribution is 5.34. The van der Waals surface area contributed by atoms with Gasteiger partial charge in [0.05, 0.1) is 6.04 Å². The van der Waals surface area contributed by atoms with Crippen molar-refractivity contribution in [2.24, 2.45) is 0 Å². The Morgan fingerprint density at radius 1 is 1.06 bits per heavy atom. The molecule has 0 saturated carbocycles. The topological polar surface area (TPSA) is 12.0 Å². The van der Waals surface area contributed by atoms with Crippen LogP contribution in [0.2, 0.25) is 0 Å². The molecule has 0 saturated heterocycles. The number of aryl methyl sites for hydroxylation is 1. The first kappa shape index (κ1) is 12.8. The minimum Gasteiger partial charge on any atom is -0.307 e. The van der Waals surface area contributed by atoms with Crippen LogP contribution in [0.25, 0.3) is 0 Å². The molecular formula is C16H18FN. The fraction of sp³-hybridized carbons (Fsp3) is 0.250. The zero-order valence-corrected chi connectivity index (χ0v) is 10.8. The van der Waals surface area contributed by atoms with Gasteiger partial charge in [-0.15, -0.1) is 0 Å². The van der Waals surface area contributed by atoms with E-state index in [1.54, 1.807) is 12.1 Å². The Morgan fingerprint density at radius 3 is 2.39 bits per heavy atom. The van der Waals surface area contributed by atoms with Gasteiger partial charge in [0, 0.05) is 0 Å². The van der Waals surface area contributed by atoms with Crippen molar-refractivity contribution in [1.82, 2.24) is 5.32 Å². The second-order valence-electron chi connectivity index (χ2n) is 4.46. The molecule has 0 radical (unpaired) electrons. The number of halogens is 1. The van der Waals surface area contributed by atoms with Crippen molar-refractivity contribution in [3.05, 3.63) is 71.0 Å². The van der Waals surface area contributed by atoms with E-state index in [1.807, 2.05) is 31.2 Å². The minimum absolute atomic E-state index is 0.0469. The number of hydrogen-bond acceptors (Lipinski definition) is 1. The van der Waals surface area contributed by atoms with Gasteiger partial charge in [-0.25, -0.2) is 4.39 Å². The first-order valence-corrected chi connectivity index (χ1v) is 6.26. The van der Waals surface area contributed by atoms with Crippen LogP contribution in [0.5, 0.6) is 0 Å². The molecule has 2 aromatic rings. The fourth-order valence-corrected chi connectivity index (χ4v) is 2.21. The Bertz CT molecular complexity index is 488. The summed E-state index contributed by atoms with van der Waals surface area (Å²) in [6.45, 7) is 4.82. The Morgan fingerprint density at radius 2 is 1.78 bits per heavy atom. The summed E-state index contributed by atoms with van der Waals surface area (Å²) >= 11 is 0. The summed E-state index contributed by atoms with van der Waals surface area (Å²) in [4.78, 5) is 0. The van der Waals surface area contributed by atoms with Crippen LogP contribution in [0.3, 0.4) is 0 Å². The molecule has 1 atom stereocenters. The molecule has 0 aromatic heterocycles. The van der Waals surface area contributed by atoms with Gasteiger partial charge >= 0.3 is 0 Å². The predicted molar refractivity (Wildman–Crippen MR) is 73.1 cm³/mol. The molecule has 94 valence electrons. The van der Waals surface area contributed by atoms with Crippen molar-refractivity contribution in [3.63, 3.8) is 0 Å². The van der Waals surface area contributed by atoms with Crippen molar-refractivity contribution in [1.29, 1.82) is 0 Å². The van der Waals surface area contributed by atoms with Crippen LogP contribution in [-0.2, 0) is 0 Å². The van der Waals surface area contributed by atoms with E-state index in [0.717, 1.165) is 23.2 Å². The van der Waals surface area contributed by atoms with E-state index in [9.17, 15) is 4.39 Å². The molecule has 2 heteroatoms. The van der Waals surface area contributed by atoms with Crippen molar-refractivity contribution < 1.29 is 4.39 Å². The highest BCUT2D eigenvalue weighted by Gasteiger charge is 2.13. The molecule has 0 aliphatic rings. The summed E-state index contributed by atoms with van der Waals surface area (Å²) in [6, 6.07) is 15.4. The zero-order chi connectivity index (χ0) is 13.0. The van der Waals surface area contributed by atoms with Crippen LogP contribution >= 0.6 is 0 Å². The third-order valence-corrected chi connectivity index (χ3v) is 2.94. The molecule has 0 fully saturated rings. The third kappa shape index (κ3) is 2.96. The molecule has 0 amide bonds. The van der Waals surface area contributed by atoms with E-state index < -0.39 is 0 Å². The Kier molecular flexibility index (Phi) is 4.11. The molecule has 0 aliphatic heterocycles. The van der Waals surface area contributed by atoms with Gasteiger partial charge in [-0.3, -0.25) is 0 Å². The van der Waals surface area contributed by atoms with Crippen LogP contribution < -0.4 is 5.32 Å². The number of benzene rings is 2. The minimum atomic E-state index is -0.177. The van der Waals surface area contributed by atoms with Crippen molar-refractivity contribution in [2.75, 3.05) is 6.54 Å². The summed E-state index contributed by atoms with van der Waals surface area (Å²) in [7, 11) is 0. The second kappa shape index (κ2) is 5.78. The highest BCUT2D eigenvalue weighted by atomic mass is 19.1. The van der Waals surface area contributed by atoms with Crippen molar-refractivity contribution in [3.8, 4) is 0 Å². The zero-order valence-electron chi connectivity index (χ0n) is 10.8. The Labute approximate surface area is 108 Å². The van der Waals surface area contributed by atoms with Gasteiger partial charge in [-0.1, -0.05) is 43.3 Å². The maximum absolute atomic E-state index is 13.5. The summed E-state index contributed by atoms with van der Waals surface area (Å²) in [5.41, 5.74) is 3.08. The van der Waals surface area contributed by atoms with Crippen LogP contribution in [0.4, 0.5) is 4.39 Å². The van der Waals surface area contributed by atoms with Gasteiger partial charge in [0.1, 0.15) is 5.82 Å². The lowest BCUT2D eigenvalue weighted by Gasteiger charge is -2.19. The SMILES string of the molecule is CCNC(c1ccccc1)c1cc(C)cc(F)c1. The van der Waals surface area contributed by atoms with Crippen molar-refractivity contribution >= 4 is 0 Å². The molecule has 0 heterocycles. The second-order valence-corrected chi connectivity index (χ2v) is 4.46. The van der Waals surface area contributed by atoms with E-state index in [-0.39, 0.29) is 11.9 Å². The highest BCUT2D eigenvalue weighted by Crippen LogP contribution is 2.23. The largest absolute Gasteiger partial charge is 0.307 e. The quantitative estimate of drug-likeness (QED) is 0.860. The molecule has 2 aromatic carbocycles. The third-order valence-electron chi connectivity index (χ3n) is 2.94. The normalized spacial score (nSPS) is 12.4. The van der Waals surface area contributed by atoms with Crippen LogP contribution in [0.15, 0.2) is 48.5 Å². The smallest absolute Gasteiger partial charge is 0.123 e. The summed E-state index contributed by atoms with van der Waals surface area (Å²) in [6.07, 6.45) is 0. The molecule has 0 aliphatic carbocycles. The van der Waals surface area contributed by atoms with E-state index in [4.69, 9.17) is 0 Å². The lowest BCUT2D eigenvalue weighted by molar-refractivity contribution is 0.602. The van der Waals surface area contributed by atoms with Gasteiger partial charge in [0.2, 0.25) is 0 Å². The molecule has 2 rings (SSSR count). The predicted octanol–water partition coefficient (Wildman–Crippen LogP) is 3.83. The Balaban J connectivity index is 2.41. The van der Waals surface area contributed by atoms with Crippen LogP contribution in [0.1, 0.15) is 29.7 Å². The van der Waals surface area contributed by atoms with E-state index in [1.165, 1.54) is 0 Å². The standard InChI is InChI=1S/C16H18FN/c1-3-18-16(13-7-5-4-6-8-13)14-9-12(2)10-15(17)11-14/h4-11,16,18H,3H2,1-2H3. The van der Waals surface area contributed by atoms with Crippen LogP contribution in [-0.4, -0.2) is 6.54 Å². The number of hydrogen-bond donors (Lipinski definition) is 1. The van der Waals surface area contributed by atoms with Gasteiger partial charge in [-0.05, 0) is 42.3 Å². The van der Waals surface area contributed by atoms with Crippen LogP contribution in [0, 0.1) is 12.7 Å². The first-order chi connectivity index (χ1) is 8.70. The van der Waals surface area contributed by atoms with Gasteiger partial charge in [0.25, 0.3) is 0 Å². The van der Waals surface area contributed by atoms with E-state index in [2.05, 4.69) is 24.4 Å². The molecule has 0 spiro atoms. The summed E-state index contributed by atoms with van der Waals surface area (Å²) in [5, 5.41) is 3.40. The first-order valence-electron chi connectivity index (χ1n) is 6.26.